The molecule has 60 valence electrons. The molecule has 0 amide bonds. The van der Waals surface area contributed by atoms with E-state index in [1.54, 1.807) is 19.3 Å². The maximum absolute atomic E-state index is 8.88. The van der Waals surface area contributed by atoms with Gasteiger partial charge >= 0.3 is 0 Å². The molecule has 0 aliphatic carbocycles. The molecule has 4 heteroatoms. The molecule has 0 unspecified atom stereocenters. The van der Waals surface area contributed by atoms with Crippen molar-refractivity contribution in [2.24, 2.45) is 0 Å². The summed E-state index contributed by atoms with van der Waals surface area (Å²) in [4.78, 5) is 7.71. The van der Waals surface area contributed by atoms with Crippen molar-refractivity contribution in [3.63, 3.8) is 0 Å². The van der Waals surface area contributed by atoms with Crippen LogP contribution in [0.2, 0.25) is 0 Å². The zero-order valence-electron chi connectivity index (χ0n) is 6.23. The van der Waals surface area contributed by atoms with Gasteiger partial charge in [0.2, 0.25) is 0 Å². The molecule has 0 spiro atoms. The topological polar surface area (TPSA) is 46.0 Å². The van der Waals surface area contributed by atoms with Gasteiger partial charge in [-0.25, -0.2) is 9.97 Å². The van der Waals surface area contributed by atoms with Gasteiger partial charge < -0.3 is 5.11 Å². The minimum Gasteiger partial charge on any atom is -0.360 e. The average molecular weight is 170 g/mol. The molecule has 0 saturated heterocycles. The normalized spacial score (nSPS) is 12.4. The van der Waals surface area contributed by atoms with Crippen molar-refractivity contribution in [2.45, 2.75) is 12.7 Å². The van der Waals surface area contributed by atoms with Crippen molar-refractivity contribution < 1.29 is 5.11 Å². The zero-order valence-corrected chi connectivity index (χ0v) is 7.12. The van der Waals surface area contributed by atoms with E-state index in [0.717, 1.165) is 22.7 Å². The van der Waals surface area contributed by atoms with Gasteiger partial charge in [0.25, 0.3) is 0 Å². The van der Waals surface area contributed by atoms with Crippen LogP contribution in [0.5, 0.6) is 0 Å². The van der Waals surface area contributed by atoms with Crippen LogP contribution in [0.4, 0.5) is 0 Å². The fraction of sp³-hybridized carbons (Fsp3) is 0.286. The summed E-state index contributed by atoms with van der Waals surface area (Å²) in [5, 5.41) is 9.30. The van der Waals surface area contributed by atoms with Crippen LogP contribution in [-0.2, 0) is 5.75 Å². The molecule has 0 radical (unpaired) electrons. The zero-order chi connectivity index (χ0) is 8.10. The molecule has 11 heavy (non-hydrogen) atoms. The van der Waals surface area contributed by atoms with Crippen molar-refractivity contribution >= 4 is 16.4 Å². The van der Waals surface area contributed by atoms with E-state index >= 15 is 0 Å². The Morgan fingerprint density at radius 2 is 2.18 bits per heavy atom. The largest absolute Gasteiger partial charge is 0.360 e. The summed E-state index contributed by atoms with van der Waals surface area (Å²) in [6.07, 6.45) is 5.00. The van der Waals surface area contributed by atoms with E-state index in [1.807, 2.05) is 0 Å². The molecule has 0 saturated carbocycles. The third-order valence-corrected chi connectivity index (χ3v) is 2.09. The first-order valence-corrected chi connectivity index (χ1v) is 4.31. The Hall–Kier alpha value is -0.740. The van der Waals surface area contributed by atoms with E-state index in [-0.39, 0.29) is 0 Å². The molecule has 0 aliphatic rings. The second-order valence-corrected chi connectivity index (χ2v) is 3.39. The lowest BCUT2D eigenvalue weighted by Crippen LogP contribution is -1.86. The molecule has 0 aromatic carbocycles. The van der Waals surface area contributed by atoms with Gasteiger partial charge in [0.1, 0.15) is 6.33 Å². The van der Waals surface area contributed by atoms with Crippen molar-refractivity contribution in [3.05, 3.63) is 24.3 Å². The first-order valence-electron chi connectivity index (χ1n) is 3.23. The van der Waals surface area contributed by atoms with Crippen LogP contribution >= 0.6 is 11.4 Å². The lowest BCUT2D eigenvalue weighted by Gasteiger charge is -1.93. The third-order valence-electron chi connectivity index (χ3n) is 1.10. The van der Waals surface area contributed by atoms with Crippen LogP contribution in [0.25, 0.3) is 0 Å². The van der Waals surface area contributed by atoms with E-state index in [0.29, 0.717) is 5.05 Å². The van der Waals surface area contributed by atoms with Gasteiger partial charge in [-0.15, -0.1) is 0 Å². The number of hydrogen-bond acceptors (Lipinski definition) is 2. The monoisotopic (exact) mass is 170 g/mol. The molecule has 0 fully saturated rings. The molecule has 0 atom stereocenters. The highest BCUT2D eigenvalue weighted by molar-refractivity contribution is 7.97. The van der Waals surface area contributed by atoms with Gasteiger partial charge in [-0.1, -0.05) is 0 Å². The number of nitrogens with zero attached hydrogens (tertiary/aromatic N) is 2. The standard InChI is InChI=1S/C7H10N2OS/c1-6(10)11-4-7-2-8-5-9-3-7/h2-3,5,10-11H,4H2,1H3. The molecule has 1 aromatic heterocycles. The van der Waals surface area contributed by atoms with Crippen LogP contribution in [-0.4, -0.2) is 20.1 Å². The van der Waals surface area contributed by atoms with E-state index < -0.39 is 0 Å². The molecule has 0 aliphatic heterocycles. The minimum absolute atomic E-state index is 0.425. The highest BCUT2D eigenvalue weighted by atomic mass is 32.1. The lowest BCUT2D eigenvalue weighted by atomic mass is 10.4. The fourth-order valence-corrected chi connectivity index (χ4v) is 1.19. The summed E-state index contributed by atoms with van der Waals surface area (Å²) in [6, 6.07) is 0. The number of thiol groups is 1. The van der Waals surface area contributed by atoms with E-state index in [2.05, 4.69) is 9.97 Å². The maximum atomic E-state index is 8.88. The Morgan fingerprint density at radius 1 is 1.55 bits per heavy atom. The summed E-state index contributed by atoms with van der Waals surface area (Å²) in [5.41, 5.74) is 1.04. The molecular weight excluding hydrogens is 160 g/mol. The predicted molar refractivity (Wildman–Crippen MR) is 48.0 cm³/mol. The van der Waals surface area contributed by atoms with E-state index in [1.165, 1.54) is 6.33 Å². The Labute approximate surface area is 69.1 Å². The van der Waals surface area contributed by atoms with Gasteiger partial charge in [-0.3, -0.25) is 0 Å². The molecule has 1 N–H and O–H groups in total. The lowest BCUT2D eigenvalue weighted by molar-refractivity contribution is 0.564. The van der Waals surface area contributed by atoms with Crippen LogP contribution in [0, 0.1) is 0 Å². The predicted octanol–water partition coefficient (Wildman–Crippen LogP) is 1.15. The Morgan fingerprint density at radius 3 is 2.73 bits per heavy atom. The molecule has 1 aromatic rings. The van der Waals surface area contributed by atoms with Gasteiger partial charge in [0.05, 0.1) is 5.05 Å². The Bertz CT molecular complexity index is 244. The van der Waals surface area contributed by atoms with Crippen molar-refractivity contribution in [1.29, 1.82) is 0 Å². The summed E-state index contributed by atoms with van der Waals surface area (Å²) in [7, 11) is 0. The third kappa shape index (κ3) is 3.25. The van der Waals surface area contributed by atoms with E-state index in [9.17, 15) is 0 Å². The quantitative estimate of drug-likeness (QED) is 0.517. The number of aliphatic hydroxyl groups is 1. The molecule has 1 rings (SSSR count). The van der Waals surface area contributed by atoms with Crippen molar-refractivity contribution in [1.82, 2.24) is 9.97 Å². The van der Waals surface area contributed by atoms with Gasteiger partial charge in [-0.2, -0.15) is 11.4 Å². The van der Waals surface area contributed by atoms with Crippen molar-refractivity contribution in [2.75, 3.05) is 0 Å². The molecular formula is C7H10N2OS. The first kappa shape index (κ1) is 8.36. The smallest absolute Gasteiger partial charge is 0.115 e. The number of hydrogen-bond donors (Lipinski definition) is 2. The van der Waals surface area contributed by atoms with Crippen molar-refractivity contribution in [3.8, 4) is 0 Å². The first-order chi connectivity index (χ1) is 5.29. The highest BCUT2D eigenvalue weighted by Gasteiger charge is 1.87. The average Bonchev–Trinajstić information content (AvgIpc) is 2.03. The maximum Gasteiger partial charge on any atom is 0.115 e. The van der Waals surface area contributed by atoms with Crippen LogP contribution in [0.3, 0.4) is 0 Å². The SMILES string of the molecule is CC(O)=[SH]Cc1cncnc1. The number of aromatic nitrogens is 2. The molecule has 0 bridgehead atoms. The van der Waals surface area contributed by atoms with E-state index in [4.69, 9.17) is 5.11 Å². The summed E-state index contributed by atoms with van der Waals surface area (Å²) < 4.78 is 0. The fourth-order valence-electron chi connectivity index (χ4n) is 0.617. The van der Waals surface area contributed by atoms with Gasteiger partial charge in [-0.05, 0) is 12.5 Å². The van der Waals surface area contributed by atoms with Gasteiger partial charge in [0.15, 0.2) is 0 Å². The highest BCUT2D eigenvalue weighted by Crippen LogP contribution is 2.02. The summed E-state index contributed by atoms with van der Waals surface area (Å²) in [6.45, 7) is 1.69. The number of aliphatic hydroxyl groups excluding tert-OH is 1. The second-order valence-electron chi connectivity index (χ2n) is 2.11. The molecule has 1 heterocycles. The Kier molecular flexibility index (Phi) is 3.19. The summed E-state index contributed by atoms with van der Waals surface area (Å²) >= 11 is 0.917. The van der Waals surface area contributed by atoms with Gasteiger partial charge in [0, 0.05) is 18.1 Å². The minimum atomic E-state index is 0.425. The Balaban J connectivity index is 2.59. The van der Waals surface area contributed by atoms with Crippen LogP contribution in [0.1, 0.15) is 12.5 Å². The second kappa shape index (κ2) is 4.20. The number of rotatable bonds is 2. The molecule has 3 nitrogen and oxygen atoms in total. The van der Waals surface area contributed by atoms with Crippen LogP contribution in [0.15, 0.2) is 18.7 Å². The van der Waals surface area contributed by atoms with Crippen LogP contribution < -0.4 is 0 Å². The summed E-state index contributed by atoms with van der Waals surface area (Å²) in [5.74, 6) is 0.781.